The maximum atomic E-state index is 5.44. The van der Waals surface area contributed by atoms with Crippen molar-refractivity contribution in [3.8, 4) is 0 Å². The van der Waals surface area contributed by atoms with Crippen molar-refractivity contribution in [2.45, 2.75) is 32.2 Å². The number of furan rings is 1. The molecule has 0 aliphatic carbocycles. The van der Waals surface area contributed by atoms with E-state index in [0.717, 1.165) is 31.6 Å². The van der Waals surface area contributed by atoms with Crippen molar-refractivity contribution >= 4 is 21.4 Å². The van der Waals surface area contributed by atoms with E-state index >= 15 is 0 Å². The van der Waals surface area contributed by atoms with Crippen molar-refractivity contribution < 1.29 is 4.42 Å². The Morgan fingerprint density at radius 1 is 1.19 bits per heavy atom. The third-order valence-corrected chi connectivity index (χ3v) is 4.85. The molecule has 0 fully saturated rings. The Hall–Kier alpha value is -1.58. The SMILES string of the molecule is CCNC(CCc1ccco1)Cc1csc2ccccc12. The van der Waals surface area contributed by atoms with E-state index in [1.807, 2.05) is 17.4 Å². The van der Waals surface area contributed by atoms with E-state index in [4.69, 9.17) is 4.42 Å². The molecule has 0 amide bonds. The van der Waals surface area contributed by atoms with Gasteiger partial charge in [-0.3, -0.25) is 0 Å². The second-order valence-corrected chi connectivity index (χ2v) is 6.25. The van der Waals surface area contributed by atoms with E-state index < -0.39 is 0 Å². The summed E-state index contributed by atoms with van der Waals surface area (Å²) >= 11 is 1.84. The van der Waals surface area contributed by atoms with Crippen molar-refractivity contribution in [1.82, 2.24) is 5.32 Å². The average Bonchev–Trinajstić information content (AvgIpc) is 3.15. The Labute approximate surface area is 129 Å². The smallest absolute Gasteiger partial charge is 0.103 e. The Morgan fingerprint density at radius 2 is 2.10 bits per heavy atom. The number of hydrogen-bond acceptors (Lipinski definition) is 3. The molecule has 3 aromatic rings. The van der Waals surface area contributed by atoms with Gasteiger partial charge in [-0.05, 0) is 53.9 Å². The molecule has 2 aromatic heterocycles. The van der Waals surface area contributed by atoms with Crippen LogP contribution in [0.3, 0.4) is 0 Å². The minimum atomic E-state index is 0.498. The first-order valence-electron chi connectivity index (χ1n) is 7.57. The van der Waals surface area contributed by atoms with E-state index in [2.05, 4.69) is 48.0 Å². The van der Waals surface area contributed by atoms with Crippen molar-refractivity contribution in [2.24, 2.45) is 0 Å². The van der Waals surface area contributed by atoms with Crippen LogP contribution < -0.4 is 5.32 Å². The van der Waals surface area contributed by atoms with Crippen LogP contribution in [-0.2, 0) is 12.8 Å². The second-order valence-electron chi connectivity index (χ2n) is 5.33. The third-order valence-electron chi connectivity index (χ3n) is 3.84. The largest absolute Gasteiger partial charge is 0.469 e. The average molecular weight is 299 g/mol. The highest BCUT2D eigenvalue weighted by Gasteiger charge is 2.12. The molecule has 0 spiro atoms. The van der Waals surface area contributed by atoms with Gasteiger partial charge in [0.15, 0.2) is 0 Å². The summed E-state index contributed by atoms with van der Waals surface area (Å²) in [5.74, 6) is 1.08. The molecule has 0 aliphatic heterocycles. The first-order valence-corrected chi connectivity index (χ1v) is 8.45. The number of thiophene rings is 1. The van der Waals surface area contributed by atoms with E-state index in [9.17, 15) is 0 Å². The van der Waals surface area contributed by atoms with Gasteiger partial charge in [0.25, 0.3) is 0 Å². The normalized spacial score (nSPS) is 12.8. The second kappa shape index (κ2) is 6.92. The summed E-state index contributed by atoms with van der Waals surface area (Å²) in [7, 11) is 0. The molecule has 0 radical (unpaired) electrons. The Kier molecular flexibility index (Phi) is 4.73. The lowest BCUT2D eigenvalue weighted by Gasteiger charge is -2.17. The standard InChI is InChI=1S/C18H21NOS/c1-2-19-15(9-10-16-6-5-11-20-16)12-14-13-21-18-8-4-3-7-17(14)18/h3-8,11,13,15,19H,2,9-10,12H2,1H3. The molecular weight excluding hydrogens is 278 g/mol. The van der Waals surface area contributed by atoms with Crippen molar-refractivity contribution in [3.05, 3.63) is 59.4 Å². The van der Waals surface area contributed by atoms with Gasteiger partial charge in [-0.15, -0.1) is 11.3 Å². The molecular formula is C18H21NOS. The Bertz CT molecular complexity index is 671. The maximum Gasteiger partial charge on any atom is 0.103 e. The predicted molar refractivity (Wildman–Crippen MR) is 90.0 cm³/mol. The lowest BCUT2D eigenvalue weighted by atomic mass is 10.0. The zero-order valence-corrected chi connectivity index (χ0v) is 13.2. The Morgan fingerprint density at radius 3 is 2.90 bits per heavy atom. The molecule has 0 saturated carbocycles. The van der Waals surface area contributed by atoms with E-state index in [1.54, 1.807) is 6.26 Å². The molecule has 3 rings (SSSR count). The molecule has 0 aliphatic rings. The summed E-state index contributed by atoms with van der Waals surface area (Å²) in [6.07, 6.45) is 4.93. The van der Waals surface area contributed by atoms with Crippen LogP contribution in [0.4, 0.5) is 0 Å². The van der Waals surface area contributed by atoms with Crippen molar-refractivity contribution in [2.75, 3.05) is 6.54 Å². The zero-order valence-electron chi connectivity index (χ0n) is 12.3. The minimum absolute atomic E-state index is 0.498. The summed E-state index contributed by atoms with van der Waals surface area (Å²) in [5.41, 5.74) is 1.46. The van der Waals surface area contributed by atoms with Gasteiger partial charge in [-0.2, -0.15) is 0 Å². The lowest BCUT2D eigenvalue weighted by molar-refractivity contribution is 0.448. The number of aryl methyl sites for hydroxylation is 1. The molecule has 0 saturated heterocycles. The third kappa shape index (κ3) is 3.55. The Balaban J connectivity index is 1.69. The molecule has 1 unspecified atom stereocenters. The highest BCUT2D eigenvalue weighted by molar-refractivity contribution is 7.17. The van der Waals surface area contributed by atoms with Crippen LogP contribution in [-0.4, -0.2) is 12.6 Å². The molecule has 1 N–H and O–H groups in total. The monoisotopic (exact) mass is 299 g/mol. The fraction of sp³-hybridized carbons (Fsp3) is 0.333. The fourth-order valence-corrected chi connectivity index (χ4v) is 3.77. The van der Waals surface area contributed by atoms with E-state index in [-0.39, 0.29) is 0 Å². The molecule has 2 nitrogen and oxygen atoms in total. The molecule has 3 heteroatoms. The summed E-state index contributed by atoms with van der Waals surface area (Å²) < 4.78 is 6.82. The molecule has 2 heterocycles. The van der Waals surface area contributed by atoms with Crippen LogP contribution in [0.5, 0.6) is 0 Å². The summed E-state index contributed by atoms with van der Waals surface area (Å²) in [4.78, 5) is 0. The molecule has 1 aromatic carbocycles. The van der Waals surface area contributed by atoms with Gasteiger partial charge in [0.2, 0.25) is 0 Å². The van der Waals surface area contributed by atoms with Crippen LogP contribution in [0.25, 0.3) is 10.1 Å². The highest BCUT2D eigenvalue weighted by Crippen LogP contribution is 2.27. The first kappa shape index (κ1) is 14.4. The van der Waals surface area contributed by atoms with Gasteiger partial charge in [-0.1, -0.05) is 25.1 Å². The van der Waals surface area contributed by atoms with Crippen LogP contribution >= 0.6 is 11.3 Å². The maximum absolute atomic E-state index is 5.44. The summed E-state index contributed by atoms with van der Waals surface area (Å²) in [5, 5.41) is 7.32. The molecule has 1 atom stereocenters. The van der Waals surface area contributed by atoms with Gasteiger partial charge in [0.05, 0.1) is 6.26 Å². The van der Waals surface area contributed by atoms with Gasteiger partial charge >= 0.3 is 0 Å². The number of rotatable bonds is 7. The van der Waals surface area contributed by atoms with E-state index in [1.165, 1.54) is 15.6 Å². The highest BCUT2D eigenvalue weighted by atomic mass is 32.1. The van der Waals surface area contributed by atoms with Crippen LogP contribution in [0, 0.1) is 0 Å². The minimum Gasteiger partial charge on any atom is -0.469 e. The summed E-state index contributed by atoms with van der Waals surface area (Å²) in [6.45, 7) is 3.18. The van der Waals surface area contributed by atoms with Gasteiger partial charge in [0.1, 0.15) is 5.76 Å². The number of benzene rings is 1. The van der Waals surface area contributed by atoms with Gasteiger partial charge in [-0.25, -0.2) is 0 Å². The number of likely N-dealkylation sites (N-methyl/N-ethyl adjacent to an activating group) is 1. The summed E-state index contributed by atoms with van der Waals surface area (Å²) in [6, 6.07) is 13.2. The predicted octanol–water partition coefficient (Wildman–Crippen LogP) is 4.65. The van der Waals surface area contributed by atoms with Gasteiger partial charge in [0, 0.05) is 17.2 Å². The van der Waals surface area contributed by atoms with Crippen molar-refractivity contribution in [3.63, 3.8) is 0 Å². The van der Waals surface area contributed by atoms with Crippen LogP contribution in [0.1, 0.15) is 24.7 Å². The van der Waals surface area contributed by atoms with Gasteiger partial charge < -0.3 is 9.73 Å². The zero-order chi connectivity index (χ0) is 14.5. The van der Waals surface area contributed by atoms with E-state index in [0.29, 0.717) is 6.04 Å². The van der Waals surface area contributed by atoms with Crippen molar-refractivity contribution in [1.29, 1.82) is 0 Å². The molecule has 21 heavy (non-hydrogen) atoms. The number of nitrogens with one attached hydrogen (secondary N) is 1. The number of fused-ring (bicyclic) bond motifs is 1. The quantitative estimate of drug-likeness (QED) is 0.687. The first-order chi connectivity index (χ1) is 10.4. The lowest BCUT2D eigenvalue weighted by Crippen LogP contribution is -2.31. The van der Waals surface area contributed by atoms with Crippen LogP contribution in [0.2, 0.25) is 0 Å². The molecule has 110 valence electrons. The topological polar surface area (TPSA) is 25.2 Å². The van der Waals surface area contributed by atoms with Crippen LogP contribution in [0.15, 0.2) is 52.5 Å². The fourth-order valence-electron chi connectivity index (χ4n) is 2.79. The number of hydrogen-bond donors (Lipinski definition) is 1. The molecule has 0 bridgehead atoms.